The molecule has 0 radical (unpaired) electrons. The first-order chi connectivity index (χ1) is 8.36. The van der Waals surface area contributed by atoms with Crippen LogP contribution in [0.5, 0.6) is 5.75 Å². The zero-order chi connectivity index (χ0) is 11.7. The van der Waals surface area contributed by atoms with E-state index in [-0.39, 0.29) is 0 Å². The van der Waals surface area contributed by atoms with E-state index in [0.717, 1.165) is 22.5 Å². The van der Waals surface area contributed by atoms with Crippen molar-refractivity contribution >= 4 is 10.9 Å². The smallest absolute Gasteiger partial charge is 0.154 e. The fourth-order valence-electron chi connectivity index (χ4n) is 1.75. The number of hydrogen-bond donors (Lipinski definition) is 0. The highest BCUT2D eigenvalue weighted by Crippen LogP contribution is 2.20. The van der Waals surface area contributed by atoms with Gasteiger partial charge in [0, 0.05) is 23.8 Å². The molecule has 0 bridgehead atoms. The number of methoxy groups -OCH3 is 1. The second-order valence-electron chi connectivity index (χ2n) is 3.68. The summed E-state index contributed by atoms with van der Waals surface area (Å²) in [6, 6.07) is 11.7. The fraction of sp³-hybridized carbons (Fsp3) is 0.0769. The van der Waals surface area contributed by atoms with Crippen molar-refractivity contribution in [3.63, 3.8) is 0 Å². The minimum Gasteiger partial charge on any atom is -0.497 e. The molecule has 4 nitrogen and oxygen atoms in total. The van der Waals surface area contributed by atoms with Gasteiger partial charge >= 0.3 is 0 Å². The van der Waals surface area contributed by atoms with E-state index < -0.39 is 0 Å². The van der Waals surface area contributed by atoms with Crippen LogP contribution in [0.3, 0.4) is 0 Å². The van der Waals surface area contributed by atoms with E-state index in [0.29, 0.717) is 0 Å². The van der Waals surface area contributed by atoms with Crippen LogP contribution < -0.4 is 4.74 Å². The molecule has 2 heterocycles. The Morgan fingerprint density at radius 2 is 2.06 bits per heavy atom. The molecule has 0 atom stereocenters. The van der Waals surface area contributed by atoms with Gasteiger partial charge in [-0.05, 0) is 30.3 Å². The number of benzene rings is 1. The Bertz CT molecular complexity index is 647. The lowest BCUT2D eigenvalue weighted by molar-refractivity contribution is 0.415. The predicted molar refractivity (Wildman–Crippen MR) is 65.4 cm³/mol. The minimum atomic E-state index is 0.802. The SMILES string of the molecule is COc1ccc2ccc(-n3cccn3)nc2c1. The second-order valence-corrected chi connectivity index (χ2v) is 3.68. The first-order valence-electron chi connectivity index (χ1n) is 5.31. The summed E-state index contributed by atoms with van der Waals surface area (Å²) in [5.41, 5.74) is 0.900. The summed E-state index contributed by atoms with van der Waals surface area (Å²) in [5.74, 6) is 1.61. The standard InChI is InChI=1S/C13H11N3O/c1-17-11-5-3-10-4-6-13(15-12(10)9-11)16-8-2-7-14-16/h2-9H,1H3. The molecule has 0 saturated carbocycles. The number of aromatic nitrogens is 3. The third kappa shape index (κ3) is 1.73. The molecule has 0 fully saturated rings. The summed E-state index contributed by atoms with van der Waals surface area (Å²) in [5, 5.41) is 5.24. The normalized spacial score (nSPS) is 10.6. The van der Waals surface area contributed by atoms with Crippen LogP contribution in [-0.2, 0) is 0 Å². The second kappa shape index (κ2) is 3.90. The Labute approximate surface area is 98.5 Å². The quantitative estimate of drug-likeness (QED) is 0.672. The lowest BCUT2D eigenvalue weighted by Crippen LogP contribution is -1.97. The highest BCUT2D eigenvalue weighted by molar-refractivity contribution is 5.80. The minimum absolute atomic E-state index is 0.802. The molecule has 3 aromatic rings. The van der Waals surface area contributed by atoms with Crippen LogP contribution in [0.25, 0.3) is 16.7 Å². The van der Waals surface area contributed by atoms with Crippen LogP contribution >= 0.6 is 0 Å². The summed E-state index contributed by atoms with van der Waals surface area (Å²) >= 11 is 0. The molecule has 0 aliphatic rings. The average Bonchev–Trinajstić information content (AvgIpc) is 2.91. The lowest BCUT2D eigenvalue weighted by atomic mass is 10.2. The summed E-state index contributed by atoms with van der Waals surface area (Å²) in [4.78, 5) is 4.55. The van der Waals surface area contributed by atoms with Crippen molar-refractivity contribution in [2.75, 3.05) is 7.11 Å². The molecule has 0 N–H and O–H groups in total. The monoisotopic (exact) mass is 225 g/mol. The van der Waals surface area contributed by atoms with E-state index in [1.165, 1.54) is 0 Å². The molecule has 2 aromatic heterocycles. The van der Waals surface area contributed by atoms with Gasteiger partial charge in [-0.3, -0.25) is 0 Å². The molecule has 0 aliphatic carbocycles. The van der Waals surface area contributed by atoms with E-state index in [1.54, 1.807) is 18.0 Å². The Morgan fingerprint density at radius 1 is 1.18 bits per heavy atom. The number of pyridine rings is 1. The van der Waals surface area contributed by atoms with Gasteiger partial charge in [0.25, 0.3) is 0 Å². The number of ether oxygens (including phenoxy) is 1. The van der Waals surface area contributed by atoms with Crippen molar-refractivity contribution in [2.45, 2.75) is 0 Å². The van der Waals surface area contributed by atoms with E-state index >= 15 is 0 Å². The molecule has 0 aliphatic heterocycles. The van der Waals surface area contributed by atoms with Gasteiger partial charge < -0.3 is 4.74 Å². The van der Waals surface area contributed by atoms with Crippen LogP contribution in [0.2, 0.25) is 0 Å². The maximum atomic E-state index is 5.19. The van der Waals surface area contributed by atoms with Crippen LogP contribution in [-0.4, -0.2) is 21.9 Å². The third-order valence-corrected chi connectivity index (χ3v) is 2.62. The van der Waals surface area contributed by atoms with E-state index in [1.807, 2.05) is 42.6 Å². The molecule has 1 aromatic carbocycles. The number of rotatable bonds is 2. The van der Waals surface area contributed by atoms with Gasteiger partial charge in [-0.2, -0.15) is 5.10 Å². The van der Waals surface area contributed by atoms with Crippen LogP contribution in [0, 0.1) is 0 Å². The maximum absolute atomic E-state index is 5.19. The van der Waals surface area contributed by atoms with Crippen LogP contribution in [0.1, 0.15) is 0 Å². The van der Waals surface area contributed by atoms with Gasteiger partial charge in [0.15, 0.2) is 5.82 Å². The van der Waals surface area contributed by atoms with Gasteiger partial charge in [-0.25, -0.2) is 9.67 Å². The molecular weight excluding hydrogens is 214 g/mol. The average molecular weight is 225 g/mol. The van der Waals surface area contributed by atoms with Gasteiger partial charge in [0.2, 0.25) is 0 Å². The topological polar surface area (TPSA) is 39.9 Å². The van der Waals surface area contributed by atoms with Gasteiger partial charge in [-0.1, -0.05) is 0 Å². The van der Waals surface area contributed by atoms with E-state index in [4.69, 9.17) is 4.74 Å². The largest absolute Gasteiger partial charge is 0.497 e. The third-order valence-electron chi connectivity index (χ3n) is 2.62. The Kier molecular flexibility index (Phi) is 2.26. The molecular formula is C13H11N3O. The van der Waals surface area contributed by atoms with Crippen molar-refractivity contribution < 1.29 is 4.74 Å². The Morgan fingerprint density at radius 3 is 2.82 bits per heavy atom. The first-order valence-corrected chi connectivity index (χ1v) is 5.31. The van der Waals surface area contributed by atoms with Crippen molar-refractivity contribution in [1.29, 1.82) is 0 Å². The number of nitrogens with zero attached hydrogens (tertiary/aromatic N) is 3. The van der Waals surface area contributed by atoms with Crippen molar-refractivity contribution in [2.24, 2.45) is 0 Å². The van der Waals surface area contributed by atoms with E-state index in [2.05, 4.69) is 10.1 Å². The Balaban J connectivity index is 2.17. The van der Waals surface area contributed by atoms with Gasteiger partial charge in [0.05, 0.1) is 12.6 Å². The van der Waals surface area contributed by atoms with Crippen LogP contribution in [0.4, 0.5) is 0 Å². The molecule has 0 amide bonds. The van der Waals surface area contributed by atoms with Crippen molar-refractivity contribution in [1.82, 2.24) is 14.8 Å². The van der Waals surface area contributed by atoms with Crippen LogP contribution in [0.15, 0.2) is 48.8 Å². The molecule has 3 rings (SSSR count). The summed E-state index contributed by atoms with van der Waals surface area (Å²) in [6.07, 6.45) is 3.60. The highest BCUT2D eigenvalue weighted by atomic mass is 16.5. The van der Waals surface area contributed by atoms with Crippen molar-refractivity contribution in [3.8, 4) is 11.6 Å². The summed E-state index contributed by atoms with van der Waals surface area (Å²) in [6.45, 7) is 0. The zero-order valence-electron chi connectivity index (χ0n) is 9.37. The van der Waals surface area contributed by atoms with Gasteiger partial charge in [-0.15, -0.1) is 0 Å². The molecule has 4 heteroatoms. The summed E-state index contributed by atoms with van der Waals surface area (Å²) in [7, 11) is 1.65. The van der Waals surface area contributed by atoms with E-state index in [9.17, 15) is 0 Å². The molecule has 17 heavy (non-hydrogen) atoms. The molecule has 84 valence electrons. The fourth-order valence-corrected chi connectivity index (χ4v) is 1.75. The number of hydrogen-bond acceptors (Lipinski definition) is 3. The zero-order valence-corrected chi connectivity index (χ0v) is 9.37. The maximum Gasteiger partial charge on any atom is 0.154 e. The molecule has 0 spiro atoms. The molecule has 0 unspecified atom stereocenters. The summed E-state index contributed by atoms with van der Waals surface area (Å²) < 4.78 is 6.93. The first kappa shape index (κ1) is 9.84. The highest BCUT2D eigenvalue weighted by Gasteiger charge is 2.01. The van der Waals surface area contributed by atoms with Gasteiger partial charge in [0.1, 0.15) is 5.75 Å². The van der Waals surface area contributed by atoms with Crippen molar-refractivity contribution in [3.05, 3.63) is 48.8 Å². The lowest BCUT2D eigenvalue weighted by Gasteiger charge is -2.04. The predicted octanol–water partition coefficient (Wildman–Crippen LogP) is 2.43. The Hall–Kier alpha value is -2.36. The molecule has 0 saturated heterocycles. The number of fused-ring (bicyclic) bond motifs is 1.